The zero-order valence-electron chi connectivity index (χ0n) is 35.4. The Morgan fingerprint density at radius 2 is 0.892 bits per heavy atom. The Bertz CT molecular complexity index is 1430. The van der Waals surface area contributed by atoms with Crippen LogP contribution >= 0.6 is 0 Å². The second-order valence-corrected chi connectivity index (χ2v) is 16.4. The van der Waals surface area contributed by atoms with Crippen LogP contribution in [-0.4, -0.2) is 277 Å². The van der Waals surface area contributed by atoms with Gasteiger partial charge < -0.3 is 136 Å². The van der Waals surface area contributed by atoms with E-state index in [1.807, 2.05) is 0 Å². The number of aliphatic hydroxyl groups is 14. The van der Waals surface area contributed by atoms with Gasteiger partial charge in [0, 0.05) is 20.1 Å². The van der Waals surface area contributed by atoms with Crippen molar-refractivity contribution in [3.05, 3.63) is 0 Å². The SMILES string of the molecule is CC(=O)NC1C(OC2C(O)C(CO)OC(OC3C(CO)OC(OC4C(CN)OC(OCCCCCN)C(O)C4O)C(O)C3O)C2O)OC(CO)C(O)C1OC1OC(CO)C(O)C(O)C1O. The van der Waals surface area contributed by atoms with Crippen molar-refractivity contribution in [3.63, 3.8) is 0 Å². The van der Waals surface area contributed by atoms with Gasteiger partial charge >= 0.3 is 0 Å². The molecule has 25 atom stereocenters. The summed E-state index contributed by atoms with van der Waals surface area (Å²) in [7, 11) is 0. The third-order valence-corrected chi connectivity index (χ3v) is 11.9. The molecule has 380 valence electrons. The summed E-state index contributed by atoms with van der Waals surface area (Å²) in [5.74, 6) is -0.794. The summed E-state index contributed by atoms with van der Waals surface area (Å²) >= 11 is 0. The first-order chi connectivity index (χ1) is 31.0. The highest BCUT2D eigenvalue weighted by Crippen LogP contribution is 2.36. The van der Waals surface area contributed by atoms with Crippen molar-refractivity contribution in [3.8, 4) is 0 Å². The van der Waals surface area contributed by atoms with E-state index in [2.05, 4.69) is 5.32 Å². The van der Waals surface area contributed by atoms with Gasteiger partial charge in [0.05, 0.1) is 26.4 Å². The molecule has 0 bridgehead atoms. The molecule has 19 N–H and O–H groups in total. The van der Waals surface area contributed by atoms with Crippen LogP contribution < -0.4 is 16.8 Å². The van der Waals surface area contributed by atoms with Gasteiger partial charge in [-0.25, -0.2) is 0 Å². The summed E-state index contributed by atoms with van der Waals surface area (Å²) in [6.07, 6.45) is -40.3. The van der Waals surface area contributed by atoms with E-state index in [1.165, 1.54) is 0 Å². The minimum Gasteiger partial charge on any atom is -0.394 e. The number of unbranched alkanes of at least 4 members (excludes halogenated alkanes) is 2. The molecular weight excluding hydrogens is 886 g/mol. The van der Waals surface area contributed by atoms with Crippen molar-refractivity contribution in [1.82, 2.24) is 5.32 Å². The summed E-state index contributed by atoms with van der Waals surface area (Å²) in [6.45, 7) is -2.26. The molecule has 5 saturated heterocycles. The van der Waals surface area contributed by atoms with Crippen LogP contribution in [0.5, 0.6) is 0 Å². The van der Waals surface area contributed by atoms with Gasteiger partial charge in [0.25, 0.3) is 0 Å². The van der Waals surface area contributed by atoms with Crippen molar-refractivity contribution >= 4 is 5.91 Å². The lowest BCUT2D eigenvalue weighted by molar-refractivity contribution is -0.388. The van der Waals surface area contributed by atoms with Crippen LogP contribution in [0.25, 0.3) is 0 Å². The molecule has 0 aromatic carbocycles. The maximum atomic E-state index is 12.5. The molecule has 0 saturated carbocycles. The number of rotatable bonds is 20. The summed E-state index contributed by atoms with van der Waals surface area (Å²) in [5, 5.41) is 152. The van der Waals surface area contributed by atoms with Crippen LogP contribution in [0.15, 0.2) is 0 Å². The fraction of sp³-hybridized carbons (Fsp3) is 0.973. The molecule has 5 fully saturated rings. The number of nitrogens with two attached hydrogens (primary N) is 2. The number of nitrogens with one attached hydrogen (secondary N) is 1. The van der Waals surface area contributed by atoms with Crippen molar-refractivity contribution < 1.29 is 124 Å². The second-order valence-electron chi connectivity index (χ2n) is 16.4. The number of aliphatic hydroxyl groups excluding tert-OH is 14. The summed E-state index contributed by atoms with van der Waals surface area (Å²) in [5.41, 5.74) is 11.4. The Balaban J connectivity index is 1.31. The lowest BCUT2D eigenvalue weighted by Crippen LogP contribution is -2.70. The fourth-order valence-corrected chi connectivity index (χ4v) is 8.22. The average Bonchev–Trinajstić information content (AvgIpc) is 3.29. The molecule has 0 aliphatic carbocycles. The van der Waals surface area contributed by atoms with E-state index in [4.69, 9.17) is 58.8 Å². The number of hydrogen-bond acceptors (Lipinski definition) is 27. The average molecular weight is 954 g/mol. The maximum absolute atomic E-state index is 12.5. The molecular formula is C37H67N3O25. The molecule has 28 nitrogen and oxygen atoms in total. The van der Waals surface area contributed by atoms with Gasteiger partial charge in [-0.1, -0.05) is 0 Å². The minimum atomic E-state index is -2.13. The van der Waals surface area contributed by atoms with Crippen LogP contribution in [-0.2, 0) is 52.2 Å². The lowest BCUT2D eigenvalue weighted by atomic mass is 9.94. The highest BCUT2D eigenvalue weighted by atomic mass is 16.8. The van der Waals surface area contributed by atoms with E-state index < -0.39 is 186 Å². The zero-order valence-corrected chi connectivity index (χ0v) is 35.4. The Hall–Kier alpha value is -1.57. The minimum absolute atomic E-state index is 0.169. The summed E-state index contributed by atoms with van der Waals surface area (Å²) in [4.78, 5) is 12.5. The maximum Gasteiger partial charge on any atom is 0.217 e. The largest absolute Gasteiger partial charge is 0.394 e. The van der Waals surface area contributed by atoms with Crippen molar-refractivity contribution in [2.45, 2.75) is 180 Å². The van der Waals surface area contributed by atoms with Crippen molar-refractivity contribution in [2.24, 2.45) is 11.5 Å². The van der Waals surface area contributed by atoms with E-state index >= 15 is 0 Å². The normalized spacial score (nSPS) is 47.4. The van der Waals surface area contributed by atoms with E-state index in [9.17, 15) is 76.3 Å². The second kappa shape index (κ2) is 24.8. The number of amides is 1. The number of hydrogen-bond donors (Lipinski definition) is 17. The molecule has 1 amide bonds. The third-order valence-electron chi connectivity index (χ3n) is 11.9. The van der Waals surface area contributed by atoms with Gasteiger partial charge in [-0.15, -0.1) is 0 Å². The van der Waals surface area contributed by atoms with Crippen molar-refractivity contribution in [1.29, 1.82) is 0 Å². The molecule has 65 heavy (non-hydrogen) atoms. The van der Waals surface area contributed by atoms with Crippen molar-refractivity contribution in [2.75, 3.05) is 46.1 Å². The highest BCUT2D eigenvalue weighted by Gasteiger charge is 2.57. The quantitative estimate of drug-likeness (QED) is 0.0504. The number of carbonyl (C=O) groups is 1. The Kier molecular flexibility index (Phi) is 20.8. The first kappa shape index (κ1) is 54.4. The molecule has 0 radical (unpaired) electrons. The Morgan fingerprint density at radius 1 is 0.462 bits per heavy atom. The predicted molar refractivity (Wildman–Crippen MR) is 207 cm³/mol. The van der Waals surface area contributed by atoms with Crippen LogP contribution in [0.2, 0.25) is 0 Å². The van der Waals surface area contributed by atoms with E-state index in [0.29, 0.717) is 13.0 Å². The molecule has 5 aliphatic rings. The number of carbonyl (C=O) groups excluding carboxylic acids is 1. The van der Waals surface area contributed by atoms with Gasteiger partial charge in [0.15, 0.2) is 31.5 Å². The van der Waals surface area contributed by atoms with Gasteiger partial charge in [-0.05, 0) is 25.8 Å². The monoisotopic (exact) mass is 953 g/mol. The van der Waals surface area contributed by atoms with Crippen LogP contribution in [0.1, 0.15) is 26.2 Å². The molecule has 25 unspecified atom stereocenters. The number of ether oxygens (including phenoxy) is 10. The highest BCUT2D eigenvalue weighted by molar-refractivity contribution is 5.73. The fourth-order valence-electron chi connectivity index (χ4n) is 8.22. The predicted octanol–water partition coefficient (Wildman–Crippen LogP) is -10.7. The first-order valence-electron chi connectivity index (χ1n) is 21.4. The molecule has 5 rings (SSSR count). The van der Waals surface area contributed by atoms with Gasteiger partial charge in [0.2, 0.25) is 5.91 Å². The van der Waals surface area contributed by atoms with Crippen LogP contribution in [0.3, 0.4) is 0 Å². The lowest BCUT2D eigenvalue weighted by Gasteiger charge is -2.50. The van der Waals surface area contributed by atoms with Gasteiger partial charge in [-0.2, -0.15) is 0 Å². The van der Waals surface area contributed by atoms with E-state index in [1.54, 1.807) is 0 Å². The Labute approximate surface area is 371 Å². The summed E-state index contributed by atoms with van der Waals surface area (Å²) in [6, 6.07) is -1.66. The summed E-state index contributed by atoms with van der Waals surface area (Å²) < 4.78 is 57.2. The standard InChI is InChI=1S/C37H67N3O25/c1-12(45)40-18-31(64-35-25(52)22(49)19(46)14(8-41)59-35)20(47)15(9-42)58-33(18)65-32-21(48)16(10-43)60-37(28(32)55)63-30-17(11-44)61-36(27(54)24(30)51)62-29-13(7-39)57-34(26(53)23(29)50)56-6-4-2-3-5-38/h13-37,41-44,46-55H,2-11,38-39H2,1H3,(H,40,45). The molecule has 0 aromatic rings. The molecule has 5 aliphatic heterocycles. The van der Waals surface area contributed by atoms with Crippen LogP contribution in [0.4, 0.5) is 0 Å². The topological polar surface area (TPSA) is 457 Å². The third kappa shape index (κ3) is 12.4. The molecule has 5 heterocycles. The first-order valence-corrected chi connectivity index (χ1v) is 21.4. The smallest absolute Gasteiger partial charge is 0.217 e. The van der Waals surface area contributed by atoms with Gasteiger partial charge in [-0.3, -0.25) is 4.79 Å². The van der Waals surface area contributed by atoms with Gasteiger partial charge in [0.1, 0.15) is 122 Å². The Morgan fingerprint density at radius 3 is 1.43 bits per heavy atom. The zero-order chi connectivity index (χ0) is 47.9. The molecule has 28 heteroatoms. The van der Waals surface area contributed by atoms with E-state index in [0.717, 1.165) is 19.8 Å². The molecule has 0 spiro atoms. The van der Waals surface area contributed by atoms with E-state index in [-0.39, 0.29) is 13.2 Å². The van der Waals surface area contributed by atoms with Crippen LogP contribution in [0, 0.1) is 0 Å². The molecule has 0 aromatic heterocycles.